The van der Waals surface area contributed by atoms with Crippen molar-refractivity contribution in [2.24, 2.45) is 11.1 Å². The van der Waals surface area contributed by atoms with Crippen molar-refractivity contribution in [1.29, 1.82) is 0 Å². The van der Waals surface area contributed by atoms with Gasteiger partial charge < -0.3 is 16.4 Å². The van der Waals surface area contributed by atoms with Gasteiger partial charge in [-0.3, -0.25) is 0 Å². The maximum absolute atomic E-state index is 12.7. The molecule has 2 amide bonds. The molecule has 2 fully saturated rings. The van der Waals surface area contributed by atoms with Crippen LogP contribution >= 0.6 is 0 Å². The third-order valence-electron chi connectivity index (χ3n) is 4.19. The molecule has 4 nitrogen and oxygen atoms in total. The number of halogens is 1. The van der Waals surface area contributed by atoms with Crippen molar-refractivity contribution < 1.29 is 9.18 Å². The summed E-state index contributed by atoms with van der Waals surface area (Å²) in [6, 6.07) is 6.11. The Hall–Kier alpha value is -1.62. The molecule has 0 aliphatic heterocycles. The first kappa shape index (κ1) is 12.4. The molecule has 19 heavy (non-hydrogen) atoms. The first-order valence-corrected chi connectivity index (χ1v) is 6.63. The smallest absolute Gasteiger partial charge is 0.319 e. The predicted octanol–water partition coefficient (Wildman–Crippen LogP) is 2.22. The van der Waals surface area contributed by atoms with Crippen molar-refractivity contribution in [3.05, 3.63) is 30.1 Å². The summed E-state index contributed by atoms with van der Waals surface area (Å²) in [6.07, 6.45) is 4.23. The second-order valence-electron chi connectivity index (χ2n) is 5.88. The summed E-state index contributed by atoms with van der Waals surface area (Å²) in [4.78, 5) is 11.7. The topological polar surface area (TPSA) is 67.1 Å². The molecule has 2 aliphatic carbocycles. The second-order valence-corrected chi connectivity index (χ2v) is 5.88. The fourth-order valence-corrected chi connectivity index (χ4v) is 3.36. The van der Waals surface area contributed by atoms with Crippen LogP contribution in [-0.4, -0.2) is 18.1 Å². The van der Waals surface area contributed by atoms with Gasteiger partial charge in [-0.2, -0.15) is 0 Å². The largest absolute Gasteiger partial charge is 0.335 e. The normalized spacial score (nSPS) is 32.3. The molecule has 2 aliphatic rings. The summed E-state index contributed by atoms with van der Waals surface area (Å²) >= 11 is 0. The Morgan fingerprint density at radius 2 is 1.84 bits per heavy atom. The SMILES string of the molecule is NC1CC2(C1)CC(NC(=O)Nc1ccc(F)cc1)C2. The Bertz CT molecular complexity index is 474. The Kier molecular flexibility index (Phi) is 2.93. The van der Waals surface area contributed by atoms with E-state index in [0.29, 0.717) is 17.1 Å². The minimum Gasteiger partial charge on any atom is -0.335 e. The van der Waals surface area contributed by atoms with Gasteiger partial charge in [0.1, 0.15) is 5.82 Å². The number of urea groups is 1. The number of carbonyl (C=O) groups is 1. The summed E-state index contributed by atoms with van der Waals surface area (Å²) in [7, 11) is 0. The van der Waals surface area contributed by atoms with E-state index in [1.54, 1.807) is 12.1 Å². The zero-order chi connectivity index (χ0) is 13.5. The van der Waals surface area contributed by atoms with Crippen LogP contribution in [0.25, 0.3) is 0 Å². The molecule has 2 saturated carbocycles. The highest BCUT2D eigenvalue weighted by molar-refractivity contribution is 5.89. The number of nitrogens with one attached hydrogen (secondary N) is 2. The van der Waals surface area contributed by atoms with Crippen molar-refractivity contribution in [3.63, 3.8) is 0 Å². The quantitative estimate of drug-likeness (QED) is 0.766. The number of benzene rings is 1. The zero-order valence-corrected chi connectivity index (χ0v) is 10.7. The lowest BCUT2D eigenvalue weighted by Crippen LogP contribution is -2.60. The lowest BCUT2D eigenvalue weighted by Gasteiger charge is -2.56. The predicted molar refractivity (Wildman–Crippen MR) is 71.2 cm³/mol. The van der Waals surface area contributed by atoms with Gasteiger partial charge >= 0.3 is 6.03 Å². The van der Waals surface area contributed by atoms with Gasteiger partial charge in [-0.05, 0) is 55.4 Å². The van der Waals surface area contributed by atoms with Crippen LogP contribution in [-0.2, 0) is 0 Å². The zero-order valence-electron chi connectivity index (χ0n) is 10.7. The van der Waals surface area contributed by atoms with Gasteiger partial charge in [-0.25, -0.2) is 9.18 Å². The minimum absolute atomic E-state index is 0.227. The lowest BCUT2D eigenvalue weighted by atomic mass is 9.52. The minimum atomic E-state index is -0.312. The van der Waals surface area contributed by atoms with Crippen molar-refractivity contribution >= 4 is 11.7 Å². The molecule has 4 N–H and O–H groups in total. The Morgan fingerprint density at radius 1 is 1.21 bits per heavy atom. The first-order valence-electron chi connectivity index (χ1n) is 6.63. The van der Waals surface area contributed by atoms with Crippen LogP contribution in [0.2, 0.25) is 0 Å². The molecule has 0 bridgehead atoms. The van der Waals surface area contributed by atoms with E-state index in [9.17, 15) is 9.18 Å². The average Bonchev–Trinajstić information content (AvgIpc) is 2.27. The number of amides is 2. The van der Waals surface area contributed by atoms with E-state index in [1.165, 1.54) is 12.1 Å². The number of rotatable bonds is 2. The van der Waals surface area contributed by atoms with E-state index in [4.69, 9.17) is 5.73 Å². The summed E-state index contributed by atoms with van der Waals surface area (Å²) in [6.45, 7) is 0. The molecule has 0 aromatic heterocycles. The molecule has 0 saturated heterocycles. The van der Waals surface area contributed by atoms with E-state index in [-0.39, 0.29) is 17.9 Å². The highest BCUT2D eigenvalue weighted by Crippen LogP contribution is 2.55. The lowest BCUT2D eigenvalue weighted by molar-refractivity contribution is -0.0134. The Labute approximate surface area is 111 Å². The van der Waals surface area contributed by atoms with Gasteiger partial charge in [-0.15, -0.1) is 0 Å². The molecule has 0 radical (unpaired) electrons. The molecular formula is C14H18FN3O. The van der Waals surface area contributed by atoms with E-state index >= 15 is 0 Å². The molecule has 102 valence electrons. The molecule has 0 unspecified atom stereocenters. The molecule has 5 heteroatoms. The number of hydrogen-bond donors (Lipinski definition) is 3. The van der Waals surface area contributed by atoms with Crippen molar-refractivity contribution in [2.75, 3.05) is 5.32 Å². The molecule has 1 aromatic rings. The van der Waals surface area contributed by atoms with Crippen LogP contribution in [0.3, 0.4) is 0 Å². The molecule has 0 atom stereocenters. The summed E-state index contributed by atoms with van der Waals surface area (Å²) < 4.78 is 12.7. The van der Waals surface area contributed by atoms with Crippen LogP contribution in [0.5, 0.6) is 0 Å². The van der Waals surface area contributed by atoms with Crippen molar-refractivity contribution in [3.8, 4) is 0 Å². The molecule has 1 aromatic carbocycles. The standard InChI is InChI=1S/C14H18FN3O/c15-9-1-3-11(4-2-9)17-13(19)18-12-7-14(8-12)5-10(16)6-14/h1-4,10,12H,5-8,16H2,(H2,17,18,19). The second kappa shape index (κ2) is 4.49. The van der Waals surface area contributed by atoms with Crippen molar-refractivity contribution in [1.82, 2.24) is 5.32 Å². The maximum atomic E-state index is 12.7. The fourth-order valence-electron chi connectivity index (χ4n) is 3.36. The van der Waals surface area contributed by atoms with E-state index in [2.05, 4.69) is 10.6 Å². The Morgan fingerprint density at radius 3 is 2.42 bits per heavy atom. The van der Waals surface area contributed by atoms with Gasteiger partial charge in [0.05, 0.1) is 0 Å². The van der Waals surface area contributed by atoms with Crippen LogP contribution in [0, 0.1) is 11.2 Å². The summed E-state index contributed by atoms with van der Waals surface area (Å²) in [5, 5.41) is 5.63. The molecule has 1 spiro atoms. The van der Waals surface area contributed by atoms with Crippen LogP contribution < -0.4 is 16.4 Å². The van der Waals surface area contributed by atoms with E-state index < -0.39 is 0 Å². The van der Waals surface area contributed by atoms with Crippen LogP contribution in [0.4, 0.5) is 14.9 Å². The monoisotopic (exact) mass is 263 g/mol. The summed E-state index contributed by atoms with van der Waals surface area (Å²) in [5.41, 5.74) is 6.80. The van der Waals surface area contributed by atoms with Crippen molar-refractivity contribution in [2.45, 2.75) is 37.8 Å². The van der Waals surface area contributed by atoms with Gasteiger partial charge in [0.25, 0.3) is 0 Å². The molecule has 3 rings (SSSR count). The van der Waals surface area contributed by atoms with Gasteiger partial charge in [0, 0.05) is 17.8 Å². The van der Waals surface area contributed by atoms with Gasteiger partial charge in [0.15, 0.2) is 0 Å². The third-order valence-corrected chi connectivity index (χ3v) is 4.19. The highest BCUT2D eigenvalue weighted by Gasteiger charge is 2.52. The van der Waals surface area contributed by atoms with E-state index in [0.717, 1.165) is 25.7 Å². The summed E-state index contributed by atoms with van der Waals surface area (Å²) in [5.74, 6) is -0.312. The van der Waals surface area contributed by atoms with Crippen LogP contribution in [0.1, 0.15) is 25.7 Å². The van der Waals surface area contributed by atoms with E-state index in [1.807, 2.05) is 0 Å². The van der Waals surface area contributed by atoms with Gasteiger partial charge in [0.2, 0.25) is 0 Å². The molecular weight excluding hydrogens is 245 g/mol. The Balaban J connectivity index is 1.44. The number of anilines is 1. The number of nitrogens with two attached hydrogens (primary N) is 1. The fraction of sp³-hybridized carbons (Fsp3) is 0.500. The maximum Gasteiger partial charge on any atom is 0.319 e. The number of hydrogen-bond acceptors (Lipinski definition) is 2. The number of carbonyl (C=O) groups excluding carboxylic acids is 1. The first-order chi connectivity index (χ1) is 9.05. The van der Waals surface area contributed by atoms with Gasteiger partial charge in [-0.1, -0.05) is 0 Å². The highest BCUT2D eigenvalue weighted by atomic mass is 19.1. The molecule has 0 heterocycles. The average molecular weight is 263 g/mol. The van der Waals surface area contributed by atoms with Crippen LogP contribution in [0.15, 0.2) is 24.3 Å². The third kappa shape index (κ3) is 2.56.